The Hall–Kier alpha value is -3.83. The molecule has 0 aliphatic carbocycles. The Morgan fingerprint density at radius 3 is 2.45 bits per heavy atom. The summed E-state index contributed by atoms with van der Waals surface area (Å²) in [5.74, 6) is -0.212. The number of nitrogens with one attached hydrogen (secondary N) is 1. The lowest BCUT2D eigenvalue weighted by atomic mass is 9.99. The predicted octanol–water partition coefficient (Wildman–Crippen LogP) is 5.01. The number of carboxylic acid groups (broad SMARTS) is 1. The Bertz CT molecular complexity index is 1480. The molecule has 2 aliphatic heterocycles. The maximum absolute atomic E-state index is 13.7. The van der Waals surface area contributed by atoms with Gasteiger partial charge in [0.1, 0.15) is 12.3 Å². The van der Waals surface area contributed by atoms with Crippen molar-refractivity contribution in [3.05, 3.63) is 76.3 Å². The Morgan fingerprint density at radius 1 is 1.02 bits per heavy atom. The number of ether oxygens (including phenoxy) is 2. The average Bonchev–Trinajstić information content (AvgIpc) is 2.98. The Balaban J connectivity index is 1.39. The third-order valence-electron chi connectivity index (χ3n) is 7.38. The molecule has 10 nitrogen and oxygen atoms in total. The second-order valence-corrected chi connectivity index (χ2v) is 10.9. The van der Waals surface area contributed by atoms with Gasteiger partial charge in [0, 0.05) is 38.4 Å². The molecular formula is C30H30Cl2N4O6. The molecule has 220 valence electrons. The van der Waals surface area contributed by atoms with Gasteiger partial charge in [-0.2, -0.15) is 0 Å². The topological polar surface area (TPSA) is 112 Å². The van der Waals surface area contributed by atoms with Gasteiger partial charge in [0.2, 0.25) is 5.91 Å². The second kappa shape index (κ2) is 13.0. The van der Waals surface area contributed by atoms with Gasteiger partial charge in [0.25, 0.3) is 5.91 Å². The number of carbonyl (C=O) groups is 3. The number of amides is 3. The molecular weight excluding hydrogens is 583 g/mol. The molecule has 2 N–H and O–H groups in total. The van der Waals surface area contributed by atoms with Crippen molar-refractivity contribution in [1.29, 1.82) is 0 Å². The maximum atomic E-state index is 13.7. The van der Waals surface area contributed by atoms with Gasteiger partial charge in [0.05, 0.1) is 35.0 Å². The minimum Gasteiger partial charge on any atom is -0.482 e. The highest BCUT2D eigenvalue weighted by Gasteiger charge is 2.32. The van der Waals surface area contributed by atoms with E-state index >= 15 is 0 Å². The monoisotopic (exact) mass is 612 g/mol. The fourth-order valence-corrected chi connectivity index (χ4v) is 5.38. The lowest BCUT2D eigenvalue weighted by Crippen LogP contribution is -2.48. The van der Waals surface area contributed by atoms with Crippen molar-refractivity contribution in [2.45, 2.75) is 6.04 Å². The van der Waals surface area contributed by atoms with Gasteiger partial charge < -0.3 is 19.5 Å². The van der Waals surface area contributed by atoms with Gasteiger partial charge in [-0.25, -0.2) is 4.79 Å². The smallest absolute Gasteiger partial charge is 0.409 e. The molecule has 0 spiro atoms. The number of benzene rings is 3. The van der Waals surface area contributed by atoms with Crippen molar-refractivity contribution in [1.82, 2.24) is 9.80 Å². The number of rotatable bonds is 8. The van der Waals surface area contributed by atoms with Crippen LogP contribution in [0.3, 0.4) is 0 Å². The van der Waals surface area contributed by atoms with Crippen molar-refractivity contribution < 1.29 is 29.0 Å². The highest BCUT2D eigenvalue weighted by atomic mass is 35.5. The number of carbonyl (C=O) groups excluding carboxylic acids is 2. The summed E-state index contributed by atoms with van der Waals surface area (Å²) in [6.07, 6.45) is -1.13. The zero-order valence-electron chi connectivity index (χ0n) is 22.9. The summed E-state index contributed by atoms with van der Waals surface area (Å²) in [6, 6.07) is 17.8. The van der Waals surface area contributed by atoms with E-state index in [9.17, 15) is 14.4 Å². The molecule has 3 aromatic rings. The lowest BCUT2D eigenvalue weighted by molar-refractivity contribution is -0.133. The summed E-state index contributed by atoms with van der Waals surface area (Å²) < 4.78 is 11.0. The molecule has 3 aromatic carbocycles. The van der Waals surface area contributed by atoms with Crippen molar-refractivity contribution >= 4 is 52.5 Å². The molecule has 0 bridgehead atoms. The maximum Gasteiger partial charge on any atom is 0.409 e. The number of morpholine rings is 1. The lowest BCUT2D eigenvalue weighted by Gasteiger charge is -2.37. The van der Waals surface area contributed by atoms with E-state index in [2.05, 4.69) is 10.2 Å². The van der Waals surface area contributed by atoms with Crippen LogP contribution < -0.4 is 15.0 Å². The summed E-state index contributed by atoms with van der Waals surface area (Å²) in [4.78, 5) is 42.9. The molecule has 12 heteroatoms. The Labute approximate surface area is 253 Å². The van der Waals surface area contributed by atoms with Crippen LogP contribution >= 0.6 is 23.2 Å². The van der Waals surface area contributed by atoms with E-state index in [1.165, 1.54) is 11.0 Å². The molecule has 2 aliphatic rings. The molecule has 2 heterocycles. The Morgan fingerprint density at radius 2 is 1.74 bits per heavy atom. The third-order valence-corrected chi connectivity index (χ3v) is 8.10. The van der Waals surface area contributed by atoms with E-state index in [4.69, 9.17) is 37.8 Å². The van der Waals surface area contributed by atoms with Crippen LogP contribution in [0.4, 0.5) is 16.2 Å². The number of anilines is 2. The van der Waals surface area contributed by atoms with E-state index in [0.29, 0.717) is 41.9 Å². The van der Waals surface area contributed by atoms with Crippen molar-refractivity contribution in [3.63, 3.8) is 0 Å². The van der Waals surface area contributed by atoms with Crippen LogP contribution in [-0.2, 0) is 14.3 Å². The fourth-order valence-electron chi connectivity index (χ4n) is 5.07. The number of fused-ring (bicyclic) bond motifs is 1. The van der Waals surface area contributed by atoms with Gasteiger partial charge in [-0.15, -0.1) is 0 Å². The van der Waals surface area contributed by atoms with E-state index in [0.717, 1.165) is 29.8 Å². The number of halogens is 2. The summed E-state index contributed by atoms with van der Waals surface area (Å²) in [7, 11) is 1.74. The molecule has 5 rings (SSSR count). The SMILES string of the molecule is CN(C(=O)CN1C(=O)COc2cc(Cl)c(Cl)cc21)C(CN1CCOCC1)c1ccc(-c2cccc(NC(=O)O)c2)cc1. The van der Waals surface area contributed by atoms with Crippen LogP contribution in [0, 0.1) is 0 Å². The predicted molar refractivity (Wildman–Crippen MR) is 161 cm³/mol. The first-order valence-electron chi connectivity index (χ1n) is 13.4. The van der Waals surface area contributed by atoms with Crippen LogP contribution in [0.5, 0.6) is 5.75 Å². The summed E-state index contributed by atoms with van der Waals surface area (Å²) in [6.45, 7) is 2.91. The summed E-state index contributed by atoms with van der Waals surface area (Å²) in [5.41, 5.74) is 3.55. The minimum atomic E-state index is -1.13. The summed E-state index contributed by atoms with van der Waals surface area (Å²) >= 11 is 12.4. The molecule has 0 aromatic heterocycles. The van der Waals surface area contributed by atoms with Gasteiger partial charge in [-0.3, -0.25) is 24.7 Å². The fraction of sp³-hybridized carbons (Fsp3) is 0.300. The third kappa shape index (κ3) is 6.79. The van der Waals surface area contributed by atoms with Crippen molar-refractivity contribution in [2.75, 3.05) is 63.3 Å². The first-order valence-corrected chi connectivity index (χ1v) is 14.1. The van der Waals surface area contributed by atoms with Crippen LogP contribution in [0.15, 0.2) is 60.7 Å². The van der Waals surface area contributed by atoms with Gasteiger partial charge in [-0.05, 0) is 34.9 Å². The minimum absolute atomic E-state index is 0.190. The molecule has 42 heavy (non-hydrogen) atoms. The molecule has 1 unspecified atom stereocenters. The number of hydrogen-bond donors (Lipinski definition) is 2. The van der Waals surface area contributed by atoms with Crippen LogP contribution in [0.1, 0.15) is 11.6 Å². The van der Waals surface area contributed by atoms with E-state index in [1.54, 1.807) is 36.2 Å². The van der Waals surface area contributed by atoms with Gasteiger partial charge in [-0.1, -0.05) is 59.6 Å². The van der Waals surface area contributed by atoms with Crippen LogP contribution in [-0.4, -0.2) is 85.9 Å². The average molecular weight is 613 g/mol. The van der Waals surface area contributed by atoms with Crippen LogP contribution in [0.25, 0.3) is 11.1 Å². The van der Waals surface area contributed by atoms with E-state index < -0.39 is 6.09 Å². The number of hydrogen-bond acceptors (Lipinski definition) is 6. The quantitative estimate of drug-likeness (QED) is 0.368. The first kappa shape index (κ1) is 29.7. The Kier molecular flexibility index (Phi) is 9.18. The van der Waals surface area contributed by atoms with Crippen molar-refractivity contribution in [2.24, 2.45) is 0 Å². The molecule has 1 saturated heterocycles. The summed E-state index contributed by atoms with van der Waals surface area (Å²) in [5, 5.41) is 12.0. The van der Waals surface area contributed by atoms with E-state index in [-0.39, 0.29) is 36.0 Å². The van der Waals surface area contributed by atoms with E-state index in [1.807, 2.05) is 30.3 Å². The van der Waals surface area contributed by atoms with Crippen molar-refractivity contribution in [3.8, 4) is 16.9 Å². The van der Waals surface area contributed by atoms with Crippen LogP contribution in [0.2, 0.25) is 10.0 Å². The molecule has 0 radical (unpaired) electrons. The molecule has 1 fully saturated rings. The first-order chi connectivity index (χ1) is 20.2. The van der Waals surface area contributed by atoms with Gasteiger partial charge >= 0.3 is 6.09 Å². The number of nitrogens with zero attached hydrogens (tertiary/aromatic N) is 3. The number of likely N-dealkylation sites (N-methyl/N-ethyl adjacent to an activating group) is 1. The zero-order chi connectivity index (χ0) is 29.8. The zero-order valence-corrected chi connectivity index (χ0v) is 24.4. The largest absolute Gasteiger partial charge is 0.482 e. The molecule has 0 saturated carbocycles. The highest BCUT2D eigenvalue weighted by molar-refractivity contribution is 6.42. The normalized spacial score (nSPS) is 15.9. The second-order valence-electron chi connectivity index (χ2n) is 10.1. The van der Waals surface area contributed by atoms with Gasteiger partial charge in [0.15, 0.2) is 6.61 Å². The molecule has 1 atom stereocenters. The standard InChI is InChI=1S/C30H30Cl2N4O6/c1-34(28(37)17-36-25-14-23(31)24(32)15-27(25)42-18-29(36)38)26(16-35-9-11-41-12-10-35)20-7-5-19(6-8-20)21-3-2-4-22(13-21)33-30(39)40/h2-8,13-15,26,33H,9-12,16-18H2,1H3,(H,39,40). The highest BCUT2D eigenvalue weighted by Crippen LogP contribution is 2.39. The molecule has 3 amide bonds.